The molecule has 0 spiro atoms. The number of rotatable bonds is 5. The molecule has 0 unspecified atom stereocenters. The molecule has 3 aromatic rings. The molecule has 3 rings (SSSR count). The van der Waals surface area contributed by atoms with Crippen molar-refractivity contribution in [2.24, 2.45) is 0 Å². The molecule has 0 aliphatic carbocycles. The third-order valence-electron chi connectivity index (χ3n) is 4.05. The lowest BCUT2D eigenvalue weighted by molar-refractivity contribution is 0.0827. The second-order valence-corrected chi connectivity index (χ2v) is 6.49. The van der Waals surface area contributed by atoms with E-state index in [1.165, 1.54) is 0 Å². The number of carbonyl (C=O) groups is 1. The zero-order chi connectivity index (χ0) is 18.7. The predicted octanol–water partition coefficient (Wildman–Crippen LogP) is 4.21. The summed E-state index contributed by atoms with van der Waals surface area (Å²) in [5.41, 5.74) is 3.16. The Hall–Kier alpha value is -2.79. The fraction of sp³-hybridized carbons (Fsp3) is 0.200. The van der Waals surface area contributed by atoms with Gasteiger partial charge >= 0.3 is 0 Å². The molecule has 1 amide bonds. The van der Waals surface area contributed by atoms with Crippen molar-refractivity contribution in [2.45, 2.75) is 6.54 Å². The third kappa shape index (κ3) is 3.89. The van der Waals surface area contributed by atoms with Crippen molar-refractivity contribution in [3.63, 3.8) is 0 Å². The predicted molar refractivity (Wildman–Crippen MR) is 105 cm³/mol. The van der Waals surface area contributed by atoms with Crippen LogP contribution < -0.4 is 10.1 Å². The average molecular weight is 370 g/mol. The number of nitrogens with zero attached hydrogens (tertiary/aromatic N) is 2. The molecule has 1 N–H and O–H groups in total. The smallest absolute Gasteiger partial charge is 0.253 e. The molecule has 0 saturated carbocycles. The maximum absolute atomic E-state index is 12.1. The summed E-state index contributed by atoms with van der Waals surface area (Å²) < 4.78 is 5.22. The molecular formula is C20H20ClN3O2. The molecule has 1 heterocycles. The molecule has 0 radical (unpaired) electrons. The topological polar surface area (TPSA) is 54.5 Å². The van der Waals surface area contributed by atoms with E-state index in [1.807, 2.05) is 42.5 Å². The lowest BCUT2D eigenvalue weighted by Crippen LogP contribution is -2.21. The molecule has 0 saturated heterocycles. The first-order valence-corrected chi connectivity index (χ1v) is 8.54. The summed E-state index contributed by atoms with van der Waals surface area (Å²) in [4.78, 5) is 18.1. The molecule has 0 fully saturated rings. The van der Waals surface area contributed by atoms with Crippen LogP contribution >= 0.6 is 11.6 Å². The van der Waals surface area contributed by atoms with Gasteiger partial charge in [0.15, 0.2) is 0 Å². The third-order valence-corrected chi connectivity index (χ3v) is 4.38. The number of fused-ring (bicyclic) bond motifs is 1. The van der Waals surface area contributed by atoms with Gasteiger partial charge in [-0.05, 0) is 36.4 Å². The summed E-state index contributed by atoms with van der Waals surface area (Å²) in [5, 5.41) is 4.74. The fourth-order valence-electron chi connectivity index (χ4n) is 2.64. The van der Waals surface area contributed by atoms with Crippen molar-refractivity contribution in [3.8, 4) is 5.75 Å². The van der Waals surface area contributed by atoms with Gasteiger partial charge in [-0.3, -0.25) is 4.79 Å². The van der Waals surface area contributed by atoms with Gasteiger partial charge in [-0.1, -0.05) is 17.7 Å². The molecule has 0 aliphatic rings. The minimum atomic E-state index is -0.0343. The maximum atomic E-state index is 12.1. The lowest BCUT2D eigenvalue weighted by Gasteiger charge is -2.13. The number of methoxy groups -OCH3 is 1. The number of carbonyl (C=O) groups excluding carboxylic acids is 1. The summed E-state index contributed by atoms with van der Waals surface area (Å²) in [6, 6.07) is 15.1. The average Bonchev–Trinajstić information content (AvgIpc) is 2.65. The van der Waals surface area contributed by atoms with Crippen LogP contribution in [0.15, 0.2) is 48.5 Å². The van der Waals surface area contributed by atoms with E-state index in [1.54, 1.807) is 32.2 Å². The van der Waals surface area contributed by atoms with Crippen LogP contribution in [-0.4, -0.2) is 37.0 Å². The van der Waals surface area contributed by atoms with Gasteiger partial charge in [-0.15, -0.1) is 0 Å². The zero-order valence-corrected chi connectivity index (χ0v) is 15.7. The highest BCUT2D eigenvalue weighted by molar-refractivity contribution is 6.30. The Kier molecular flexibility index (Phi) is 5.28. The van der Waals surface area contributed by atoms with Crippen LogP contribution in [0.3, 0.4) is 0 Å². The van der Waals surface area contributed by atoms with Crippen LogP contribution in [0.25, 0.3) is 10.9 Å². The van der Waals surface area contributed by atoms with Crippen molar-refractivity contribution in [1.29, 1.82) is 0 Å². The van der Waals surface area contributed by atoms with E-state index in [4.69, 9.17) is 16.3 Å². The quantitative estimate of drug-likeness (QED) is 0.684. The number of anilines is 1. The minimum Gasteiger partial charge on any atom is -0.497 e. The van der Waals surface area contributed by atoms with Crippen molar-refractivity contribution in [3.05, 3.63) is 64.8 Å². The highest BCUT2D eigenvalue weighted by Crippen LogP contribution is 2.25. The normalized spacial score (nSPS) is 10.6. The maximum Gasteiger partial charge on any atom is 0.253 e. The molecule has 26 heavy (non-hydrogen) atoms. The molecule has 134 valence electrons. The number of nitrogens with one attached hydrogen (secondary N) is 1. The molecule has 0 aliphatic heterocycles. The fourth-order valence-corrected chi connectivity index (χ4v) is 2.85. The number of benzene rings is 2. The van der Waals surface area contributed by atoms with Crippen LogP contribution in [0, 0.1) is 0 Å². The first-order valence-electron chi connectivity index (χ1n) is 8.16. The first kappa shape index (κ1) is 18.0. The lowest BCUT2D eigenvalue weighted by atomic mass is 10.1. The summed E-state index contributed by atoms with van der Waals surface area (Å²) in [6.45, 7) is 0.507. The number of hydrogen-bond acceptors (Lipinski definition) is 4. The second kappa shape index (κ2) is 7.62. The van der Waals surface area contributed by atoms with E-state index < -0.39 is 0 Å². The number of ether oxygens (including phenoxy) is 1. The van der Waals surface area contributed by atoms with E-state index in [0.717, 1.165) is 27.9 Å². The highest BCUT2D eigenvalue weighted by atomic mass is 35.5. The van der Waals surface area contributed by atoms with Gasteiger partial charge in [0, 0.05) is 48.9 Å². The molecule has 0 atom stereocenters. The number of pyridine rings is 1. The van der Waals surface area contributed by atoms with Crippen molar-refractivity contribution < 1.29 is 9.53 Å². The van der Waals surface area contributed by atoms with Gasteiger partial charge in [-0.25, -0.2) is 4.98 Å². The Morgan fingerprint density at radius 2 is 2.00 bits per heavy atom. The Labute approximate surface area is 157 Å². The standard InChI is InChI=1S/C20H20ClN3O2/c1-24(2)20(25)14-5-4-6-16(10-14)22-12-15-9-13-7-8-17(26-3)11-18(13)23-19(15)21/h4-11,22H,12H2,1-3H3. The van der Waals surface area contributed by atoms with Crippen LogP contribution in [-0.2, 0) is 6.54 Å². The van der Waals surface area contributed by atoms with Crippen LogP contribution in [0.5, 0.6) is 5.75 Å². The Morgan fingerprint density at radius 3 is 2.73 bits per heavy atom. The van der Waals surface area contributed by atoms with Gasteiger partial charge in [0.2, 0.25) is 0 Å². The van der Waals surface area contributed by atoms with E-state index in [9.17, 15) is 4.79 Å². The van der Waals surface area contributed by atoms with Crippen molar-refractivity contribution in [2.75, 3.05) is 26.5 Å². The summed E-state index contributed by atoms with van der Waals surface area (Å²) in [5.74, 6) is 0.710. The minimum absolute atomic E-state index is 0.0343. The van der Waals surface area contributed by atoms with E-state index in [0.29, 0.717) is 17.3 Å². The molecule has 0 bridgehead atoms. The number of aromatic nitrogens is 1. The Balaban J connectivity index is 1.80. The highest BCUT2D eigenvalue weighted by Gasteiger charge is 2.09. The van der Waals surface area contributed by atoms with E-state index >= 15 is 0 Å². The molecule has 2 aromatic carbocycles. The molecule has 1 aromatic heterocycles. The molecular weight excluding hydrogens is 350 g/mol. The summed E-state index contributed by atoms with van der Waals surface area (Å²) >= 11 is 6.34. The van der Waals surface area contributed by atoms with Crippen molar-refractivity contribution >= 4 is 34.1 Å². The summed E-state index contributed by atoms with van der Waals surface area (Å²) in [7, 11) is 5.09. The Morgan fingerprint density at radius 1 is 1.19 bits per heavy atom. The SMILES string of the molecule is COc1ccc2cc(CNc3cccc(C(=O)N(C)C)c3)c(Cl)nc2c1. The largest absolute Gasteiger partial charge is 0.497 e. The van der Waals surface area contributed by atoms with Crippen molar-refractivity contribution in [1.82, 2.24) is 9.88 Å². The van der Waals surface area contributed by atoms with Crippen LogP contribution in [0.1, 0.15) is 15.9 Å². The van der Waals surface area contributed by atoms with Gasteiger partial charge in [0.1, 0.15) is 10.9 Å². The number of halogens is 1. The van der Waals surface area contributed by atoms with Gasteiger partial charge in [0.05, 0.1) is 12.6 Å². The Bertz CT molecular complexity index is 957. The van der Waals surface area contributed by atoms with Crippen LogP contribution in [0.2, 0.25) is 5.15 Å². The van der Waals surface area contributed by atoms with Gasteiger partial charge < -0.3 is 15.0 Å². The van der Waals surface area contributed by atoms with Gasteiger partial charge in [-0.2, -0.15) is 0 Å². The second-order valence-electron chi connectivity index (χ2n) is 6.13. The molecule has 5 nitrogen and oxygen atoms in total. The first-order chi connectivity index (χ1) is 12.5. The number of amides is 1. The van der Waals surface area contributed by atoms with Crippen LogP contribution in [0.4, 0.5) is 5.69 Å². The summed E-state index contributed by atoms with van der Waals surface area (Å²) in [6.07, 6.45) is 0. The van der Waals surface area contributed by atoms with E-state index in [-0.39, 0.29) is 5.91 Å². The molecule has 6 heteroatoms. The van der Waals surface area contributed by atoms with Gasteiger partial charge in [0.25, 0.3) is 5.91 Å². The number of hydrogen-bond donors (Lipinski definition) is 1. The van der Waals surface area contributed by atoms with E-state index in [2.05, 4.69) is 10.3 Å². The monoisotopic (exact) mass is 369 g/mol. The zero-order valence-electron chi connectivity index (χ0n) is 14.9.